The van der Waals surface area contributed by atoms with Gasteiger partial charge in [-0.2, -0.15) is 0 Å². The third-order valence-electron chi connectivity index (χ3n) is 3.78. The van der Waals surface area contributed by atoms with Gasteiger partial charge in [-0.05, 0) is 37.3 Å². The van der Waals surface area contributed by atoms with E-state index in [1.54, 1.807) is 36.4 Å². The highest BCUT2D eigenvalue weighted by molar-refractivity contribution is 6.36. The van der Waals surface area contributed by atoms with Gasteiger partial charge >= 0.3 is 0 Å². The van der Waals surface area contributed by atoms with Crippen molar-refractivity contribution in [3.05, 3.63) is 63.6 Å². The van der Waals surface area contributed by atoms with Gasteiger partial charge in [-0.1, -0.05) is 35.3 Å². The number of carbonyl (C=O) groups is 3. The van der Waals surface area contributed by atoms with Gasteiger partial charge in [0.05, 0.1) is 21.8 Å². The Labute approximate surface area is 148 Å². The number of hydrogen-bond donors (Lipinski definition) is 1. The molecule has 0 spiro atoms. The van der Waals surface area contributed by atoms with Crippen molar-refractivity contribution in [3.63, 3.8) is 0 Å². The minimum Gasteiger partial charge on any atom is -0.323 e. The van der Waals surface area contributed by atoms with Crippen molar-refractivity contribution in [2.45, 2.75) is 13.0 Å². The van der Waals surface area contributed by atoms with Crippen molar-refractivity contribution in [2.75, 3.05) is 5.32 Å². The third-order valence-corrected chi connectivity index (χ3v) is 4.33. The molecule has 1 heterocycles. The number of rotatable bonds is 3. The van der Waals surface area contributed by atoms with Crippen molar-refractivity contribution in [1.29, 1.82) is 0 Å². The van der Waals surface area contributed by atoms with E-state index in [0.717, 1.165) is 4.90 Å². The molecule has 2 aromatic carbocycles. The highest BCUT2D eigenvalue weighted by Gasteiger charge is 2.40. The number of benzene rings is 2. The molecule has 0 aliphatic carbocycles. The van der Waals surface area contributed by atoms with E-state index < -0.39 is 23.8 Å². The first-order chi connectivity index (χ1) is 11.4. The summed E-state index contributed by atoms with van der Waals surface area (Å²) in [6.07, 6.45) is 0. The summed E-state index contributed by atoms with van der Waals surface area (Å²) < 4.78 is 0. The average Bonchev–Trinajstić information content (AvgIpc) is 2.81. The number of hydrogen-bond acceptors (Lipinski definition) is 3. The summed E-state index contributed by atoms with van der Waals surface area (Å²) in [6.45, 7) is 1.49. The van der Waals surface area contributed by atoms with Gasteiger partial charge in [0.15, 0.2) is 0 Å². The van der Waals surface area contributed by atoms with Crippen LogP contribution in [0.5, 0.6) is 0 Å². The fourth-order valence-corrected chi connectivity index (χ4v) is 2.96. The normalized spacial score (nSPS) is 14.5. The smallest absolute Gasteiger partial charge is 0.262 e. The Balaban J connectivity index is 1.82. The number of nitrogens with one attached hydrogen (secondary N) is 1. The van der Waals surface area contributed by atoms with E-state index in [4.69, 9.17) is 23.2 Å². The molecule has 5 nitrogen and oxygen atoms in total. The monoisotopic (exact) mass is 362 g/mol. The van der Waals surface area contributed by atoms with Gasteiger partial charge in [0.2, 0.25) is 5.91 Å². The molecule has 1 N–H and O–H groups in total. The molecular weight excluding hydrogens is 351 g/mol. The standard InChI is InChI=1S/C17H12Cl2N2O3/c1-9(15(22)20-14-7-6-10(18)8-13(14)19)21-16(23)11-4-2-3-5-12(11)17(21)24/h2-9H,1H3,(H,20,22)/t9-/m0/s1. The van der Waals surface area contributed by atoms with Gasteiger partial charge in [0, 0.05) is 5.02 Å². The van der Waals surface area contributed by atoms with Gasteiger partial charge in [-0.25, -0.2) is 0 Å². The Morgan fingerprint density at radius 2 is 1.62 bits per heavy atom. The second kappa shape index (κ2) is 6.26. The van der Waals surface area contributed by atoms with Crippen molar-refractivity contribution in [1.82, 2.24) is 4.90 Å². The SMILES string of the molecule is C[C@@H](C(=O)Nc1ccc(Cl)cc1Cl)N1C(=O)c2ccccc2C1=O. The van der Waals surface area contributed by atoms with Crippen LogP contribution in [0.1, 0.15) is 27.6 Å². The minimum atomic E-state index is -0.982. The Morgan fingerprint density at radius 3 is 2.17 bits per heavy atom. The van der Waals surface area contributed by atoms with Crippen LogP contribution < -0.4 is 5.32 Å². The molecule has 0 saturated carbocycles. The molecular formula is C17H12Cl2N2O3. The molecule has 7 heteroatoms. The Morgan fingerprint density at radius 1 is 1.04 bits per heavy atom. The zero-order chi connectivity index (χ0) is 17.4. The second-order valence-electron chi connectivity index (χ2n) is 5.32. The van der Waals surface area contributed by atoms with Crippen molar-refractivity contribution < 1.29 is 14.4 Å². The number of nitrogens with zero attached hydrogens (tertiary/aromatic N) is 1. The summed E-state index contributed by atoms with van der Waals surface area (Å²) >= 11 is 11.8. The van der Waals surface area contributed by atoms with Gasteiger partial charge in [-0.3, -0.25) is 19.3 Å². The number of anilines is 1. The third kappa shape index (κ3) is 2.77. The van der Waals surface area contributed by atoms with Crippen LogP contribution in [0.3, 0.4) is 0 Å². The summed E-state index contributed by atoms with van der Waals surface area (Å²) in [7, 11) is 0. The Hall–Kier alpha value is -2.37. The topological polar surface area (TPSA) is 66.5 Å². The molecule has 0 radical (unpaired) electrons. The van der Waals surface area contributed by atoms with Gasteiger partial charge in [-0.15, -0.1) is 0 Å². The van der Waals surface area contributed by atoms with Crippen molar-refractivity contribution >= 4 is 46.6 Å². The second-order valence-corrected chi connectivity index (χ2v) is 6.16. The van der Waals surface area contributed by atoms with Crippen LogP contribution in [0.2, 0.25) is 10.0 Å². The summed E-state index contributed by atoms with van der Waals surface area (Å²) in [4.78, 5) is 38.2. The molecule has 0 saturated heterocycles. The molecule has 0 aromatic heterocycles. The fraction of sp³-hybridized carbons (Fsp3) is 0.118. The van der Waals surface area contributed by atoms with E-state index in [1.165, 1.54) is 13.0 Å². The van der Waals surface area contributed by atoms with E-state index in [1.807, 2.05) is 0 Å². The van der Waals surface area contributed by atoms with Crippen LogP contribution in [-0.2, 0) is 4.79 Å². The minimum absolute atomic E-state index is 0.269. The molecule has 3 amide bonds. The molecule has 0 fully saturated rings. The Kier molecular flexibility index (Phi) is 4.30. The van der Waals surface area contributed by atoms with E-state index in [-0.39, 0.29) is 5.02 Å². The van der Waals surface area contributed by atoms with E-state index in [2.05, 4.69) is 5.32 Å². The number of imide groups is 1. The molecule has 0 bridgehead atoms. The first-order valence-electron chi connectivity index (χ1n) is 7.13. The molecule has 1 atom stereocenters. The first kappa shape index (κ1) is 16.5. The predicted molar refractivity (Wildman–Crippen MR) is 91.5 cm³/mol. The van der Waals surface area contributed by atoms with Crippen LogP contribution in [0.15, 0.2) is 42.5 Å². The maximum atomic E-state index is 12.4. The quantitative estimate of drug-likeness (QED) is 0.848. The number of fused-ring (bicyclic) bond motifs is 1. The predicted octanol–water partition coefficient (Wildman–Crippen LogP) is 3.62. The lowest BCUT2D eigenvalue weighted by molar-refractivity contribution is -0.119. The maximum absolute atomic E-state index is 12.4. The molecule has 1 aliphatic rings. The van der Waals surface area contributed by atoms with Crippen LogP contribution >= 0.6 is 23.2 Å². The lowest BCUT2D eigenvalue weighted by Gasteiger charge is -2.22. The average molecular weight is 363 g/mol. The van der Waals surface area contributed by atoms with Gasteiger partial charge in [0.25, 0.3) is 11.8 Å². The summed E-state index contributed by atoms with van der Waals surface area (Å²) in [5.74, 6) is -1.49. The zero-order valence-corrected chi connectivity index (χ0v) is 14.1. The number of carbonyl (C=O) groups excluding carboxylic acids is 3. The zero-order valence-electron chi connectivity index (χ0n) is 12.5. The molecule has 2 aromatic rings. The lowest BCUT2D eigenvalue weighted by atomic mass is 10.1. The van der Waals surface area contributed by atoms with Crippen LogP contribution in [-0.4, -0.2) is 28.7 Å². The first-order valence-corrected chi connectivity index (χ1v) is 7.88. The van der Waals surface area contributed by atoms with Crippen molar-refractivity contribution in [3.8, 4) is 0 Å². The van der Waals surface area contributed by atoms with Gasteiger partial charge in [0.1, 0.15) is 6.04 Å². The summed E-state index contributed by atoms with van der Waals surface area (Å²) in [5.41, 5.74) is 0.952. The maximum Gasteiger partial charge on any atom is 0.262 e. The van der Waals surface area contributed by atoms with Gasteiger partial charge < -0.3 is 5.32 Å². The molecule has 0 unspecified atom stereocenters. The van der Waals surface area contributed by atoms with E-state index >= 15 is 0 Å². The van der Waals surface area contributed by atoms with E-state index in [9.17, 15) is 14.4 Å². The molecule has 3 rings (SSSR count). The van der Waals surface area contributed by atoms with Crippen LogP contribution in [0.25, 0.3) is 0 Å². The number of halogens is 2. The van der Waals surface area contributed by atoms with Crippen molar-refractivity contribution in [2.24, 2.45) is 0 Å². The highest BCUT2D eigenvalue weighted by atomic mass is 35.5. The Bertz CT molecular complexity index is 832. The number of amides is 3. The molecule has 122 valence electrons. The highest BCUT2D eigenvalue weighted by Crippen LogP contribution is 2.27. The summed E-state index contributed by atoms with van der Waals surface area (Å²) in [5, 5.41) is 3.31. The molecule has 24 heavy (non-hydrogen) atoms. The fourth-order valence-electron chi connectivity index (χ4n) is 2.50. The summed E-state index contributed by atoms with van der Waals surface area (Å²) in [6, 6.07) is 10.1. The van der Waals surface area contributed by atoms with Crippen LogP contribution in [0.4, 0.5) is 5.69 Å². The van der Waals surface area contributed by atoms with E-state index in [0.29, 0.717) is 21.8 Å². The molecule has 1 aliphatic heterocycles. The van der Waals surface area contributed by atoms with Crippen LogP contribution in [0, 0.1) is 0 Å². The largest absolute Gasteiger partial charge is 0.323 e. The lowest BCUT2D eigenvalue weighted by Crippen LogP contribution is -2.45.